The maximum absolute atomic E-state index is 13.9. The maximum atomic E-state index is 13.9. The van der Waals surface area contributed by atoms with Crippen molar-refractivity contribution in [2.24, 2.45) is 4.99 Å². The quantitative estimate of drug-likeness (QED) is 0.513. The molecule has 0 fully saturated rings. The van der Waals surface area contributed by atoms with Crippen LogP contribution in [0.1, 0.15) is 22.7 Å². The van der Waals surface area contributed by atoms with Crippen molar-refractivity contribution in [1.82, 2.24) is 0 Å². The third-order valence-corrected chi connectivity index (χ3v) is 4.84. The second-order valence-corrected chi connectivity index (χ2v) is 6.74. The number of nitriles is 1. The first-order valence-electron chi connectivity index (χ1n) is 9.04. The van der Waals surface area contributed by atoms with Crippen LogP contribution >= 0.6 is 0 Å². The van der Waals surface area contributed by atoms with Gasteiger partial charge in [0.05, 0.1) is 0 Å². The first kappa shape index (κ1) is 19.6. The molecule has 0 aromatic heterocycles. The zero-order chi connectivity index (χ0) is 21.3. The highest BCUT2D eigenvalue weighted by molar-refractivity contribution is 5.95. The monoisotopic (exact) mass is 410 g/mol. The largest absolute Gasteiger partial charge is 0.475 e. The van der Waals surface area contributed by atoms with Crippen molar-refractivity contribution in [2.75, 3.05) is 6.61 Å². The number of hydrogen-bond donors (Lipinski definition) is 0. The van der Waals surface area contributed by atoms with Crippen LogP contribution in [0.5, 0.6) is 0 Å². The van der Waals surface area contributed by atoms with Gasteiger partial charge in [-0.05, 0) is 28.8 Å². The molecule has 1 unspecified atom stereocenters. The molecule has 1 heterocycles. The predicted molar refractivity (Wildman–Crippen MR) is 103 cm³/mol. The summed E-state index contributed by atoms with van der Waals surface area (Å²) >= 11 is 0. The Hall–Kier alpha value is -3.66. The van der Waals surface area contributed by atoms with Crippen molar-refractivity contribution in [3.05, 3.63) is 95.1 Å². The minimum absolute atomic E-state index is 0.0753. The fraction of sp³-hybridized carbons (Fsp3) is 0.130. The Kier molecular flexibility index (Phi) is 5.00. The zero-order valence-corrected chi connectivity index (χ0v) is 15.4. The molecule has 1 aliphatic rings. The van der Waals surface area contributed by atoms with Crippen molar-refractivity contribution in [3.63, 3.8) is 0 Å². The average Bonchev–Trinajstić information content (AvgIpc) is 3.23. The SMILES string of the molecule is N#CC(F)(F)c1ccc(-c2ccc(C3COC(c4c(F)cccc4F)=N3)cc2)cc1. The van der Waals surface area contributed by atoms with Gasteiger partial charge in [-0.1, -0.05) is 54.6 Å². The van der Waals surface area contributed by atoms with E-state index < -0.39 is 23.6 Å². The van der Waals surface area contributed by atoms with E-state index in [-0.39, 0.29) is 23.6 Å². The van der Waals surface area contributed by atoms with Crippen LogP contribution in [0.3, 0.4) is 0 Å². The number of aliphatic imine (C=N–C) groups is 1. The Labute approximate surface area is 169 Å². The summed E-state index contributed by atoms with van der Waals surface area (Å²) < 4.78 is 60.1. The number of rotatable bonds is 4. The lowest BCUT2D eigenvalue weighted by molar-refractivity contribution is 0.0613. The number of ether oxygens (including phenoxy) is 1. The molecular formula is C23H14F4N2O. The van der Waals surface area contributed by atoms with E-state index >= 15 is 0 Å². The second kappa shape index (κ2) is 7.64. The van der Waals surface area contributed by atoms with E-state index in [4.69, 9.17) is 10.00 Å². The second-order valence-electron chi connectivity index (χ2n) is 6.74. The summed E-state index contributed by atoms with van der Waals surface area (Å²) in [5.41, 5.74) is 1.63. The van der Waals surface area contributed by atoms with Crippen LogP contribution in [0, 0.1) is 23.0 Å². The Morgan fingerprint density at radius 2 is 1.47 bits per heavy atom. The molecule has 3 aromatic carbocycles. The zero-order valence-electron chi connectivity index (χ0n) is 15.4. The van der Waals surface area contributed by atoms with E-state index in [0.29, 0.717) is 5.56 Å². The van der Waals surface area contributed by atoms with Gasteiger partial charge in [0.2, 0.25) is 5.90 Å². The lowest BCUT2D eigenvalue weighted by atomic mass is 9.99. The molecule has 0 saturated carbocycles. The Morgan fingerprint density at radius 1 is 0.900 bits per heavy atom. The number of alkyl halides is 2. The number of benzene rings is 3. The normalized spacial score (nSPS) is 16.0. The van der Waals surface area contributed by atoms with Crippen LogP contribution in [-0.4, -0.2) is 12.5 Å². The van der Waals surface area contributed by atoms with E-state index in [1.807, 2.05) is 0 Å². The number of nitrogens with zero attached hydrogens (tertiary/aromatic N) is 2. The van der Waals surface area contributed by atoms with Crippen molar-refractivity contribution < 1.29 is 22.3 Å². The van der Waals surface area contributed by atoms with Gasteiger partial charge < -0.3 is 4.74 Å². The van der Waals surface area contributed by atoms with E-state index in [2.05, 4.69) is 4.99 Å². The van der Waals surface area contributed by atoms with Crippen molar-refractivity contribution >= 4 is 5.90 Å². The summed E-state index contributed by atoms with van der Waals surface area (Å²) in [4.78, 5) is 4.30. The molecule has 0 amide bonds. The Bertz CT molecular complexity index is 1130. The van der Waals surface area contributed by atoms with Crippen molar-refractivity contribution in [3.8, 4) is 17.2 Å². The molecule has 0 radical (unpaired) electrons. The first-order chi connectivity index (χ1) is 14.4. The summed E-state index contributed by atoms with van der Waals surface area (Å²) in [5.74, 6) is -5.09. The number of halogens is 4. The topological polar surface area (TPSA) is 45.4 Å². The summed E-state index contributed by atoms with van der Waals surface area (Å²) in [7, 11) is 0. The standard InChI is InChI=1S/C23H14F4N2O/c24-18-2-1-3-19(25)21(18)22-29-20(12-30-22)16-6-4-14(5-7-16)15-8-10-17(11-9-15)23(26,27)13-28/h1-11,20H,12H2. The summed E-state index contributed by atoms with van der Waals surface area (Å²) in [6.07, 6.45) is 0. The average molecular weight is 410 g/mol. The third-order valence-electron chi connectivity index (χ3n) is 4.84. The fourth-order valence-electron chi connectivity index (χ4n) is 3.22. The van der Waals surface area contributed by atoms with Crippen LogP contribution in [0.2, 0.25) is 0 Å². The molecule has 0 bridgehead atoms. The summed E-state index contributed by atoms with van der Waals surface area (Å²) in [6, 6.07) is 16.8. The molecule has 30 heavy (non-hydrogen) atoms. The van der Waals surface area contributed by atoms with Crippen LogP contribution in [0.15, 0.2) is 71.7 Å². The summed E-state index contributed by atoms with van der Waals surface area (Å²) in [6.45, 7) is 0.153. The highest BCUT2D eigenvalue weighted by Crippen LogP contribution is 2.31. The van der Waals surface area contributed by atoms with E-state index in [1.165, 1.54) is 30.3 Å². The first-order valence-corrected chi connectivity index (χ1v) is 9.04. The van der Waals surface area contributed by atoms with Gasteiger partial charge in [0.1, 0.15) is 35.9 Å². The molecule has 150 valence electrons. The molecule has 0 spiro atoms. The van der Waals surface area contributed by atoms with Gasteiger partial charge in [-0.15, -0.1) is 0 Å². The van der Waals surface area contributed by atoms with Crippen LogP contribution in [0.4, 0.5) is 17.6 Å². The van der Waals surface area contributed by atoms with Gasteiger partial charge in [-0.25, -0.2) is 13.8 Å². The van der Waals surface area contributed by atoms with Gasteiger partial charge in [-0.2, -0.15) is 14.0 Å². The molecular weight excluding hydrogens is 396 g/mol. The van der Waals surface area contributed by atoms with Crippen molar-refractivity contribution in [2.45, 2.75) is 12.0 Å². The molecule has 3 nitrogen and oxygen atoms in total. The Morgan fingerprint density at radius 3 is 2.03 bits per heavy atom. The fourth-order valence-corrected chi connectivity index (χ4v) is 3.22. The molecule has 1 aliphatic heterocycles. The van der Waals surface area contributed by atoms with Crippen molar-refractivity contribution in [1.29, 1.82) is 5.26 Å². The molecule has 1 atom stereocenters. The lowest BCUT2D eigenvalue weighted by Crippen LogP contribution is -2.09. The molecule has 0 saturated heterocycles. The van der Waals surface area contributed by atoms with Gasteiger partial charge >= 0.3 is 5.92 Å². The lowest BCUT2D eigenvalue weighted by Gasteiger charge is -2.10. The maximum Gasteiger partial charge on any atom is 0.357 e. The molecule has 7 heteroatoms. The number of hydrogen-bond acceptors (Lipinski definition) is 3. The van der Waals surface area contributed by atoms with Crippen LogP contribution in [-0.2, 0) is 10.7 Å². The smallest absolute Gasteiger partial charge is 0.357 e. The minimum Gasteiger partial charge on any atom is -0.475 e. The Balaban J connectivity index is 1.55. The highest BCUT2D eigenvalue weighted by atomic mass is 19.3. The molecule has 0 aliphatic carbocycles. The molecule has 4 rings (SSSR count). The highest BCUT2D eigenvalue weighted by Gasteiger charge is 2.31. The summed E-state index contributed by atoms with van der Waals surface area (Å²) in [5, 5.41) is 8.53. The van der Waals surface area contributed by atoms with Gasteiger partial charge in [-0.3, -0.25) is 0 Å². The van der Waals surface area contributed by atoms with E-state index in [0.717, 1.165) is 29.3 Å². The molecule has 3 aromatic rings. The predicted octanol–water partition coefficient (Wildman–Crippen LogP) is 5.77. The third kappa shape index (κ3) is 3.64. The van der Waals surface area contributed by atoms with E-state index in [9.17, 15) is 17.6 Å². The minimum atomic E-state index is -3.53. The van der Waals surface area contributed by atoms with Crippen LogP contribution < -0.4 is 0 Å². The molecule has 0 N–H and O–H groups in total. The van der Waals surface area contributed by atoms with Gasteiger partial charge in [0.15, 0.2) is 0 Å². The van der Waals surface area contributed by atoms with Gasteiger partial charge in [0, 0.05) is 5.56 Å². The van der Waals surface area contributed by atoms with Gasteiger partial charge in [0.25, 0.3) is 0 Å². The van der Waals surface area contributed by atoms with E-state index in [1.54, 1.807) is 24.3 Å². The van der Waals surface area contributed by atoms with Crippen LogP contribution in [0.25, 0.3) is 11.1 Å².